The molecule has 0 atom stereocenters. The molecule has 1 aromatic heterocycles. The predicted molar refractivity (Wildman–Crippen MR) is 173 cm³/mol. The molecule has 40 heavy (non-hydrogen) atoms. The van der Waals surface area contributed by atoms with Crippen LogP contribution in [0.15, 0.2) is 133 Å². The molecule has 0 saturated carbocycles. The van der Waals surface area contributed by atoms with E-state index in [0.29, 0.717) is 0 Å². The van der Waals surface area contributed by atoms with Crippen LogP contribution in [0, 0.1) is 0 Å². The van der Waals surface area contributed by atoms with Crippen molar-refractivity contribution < 1.29 is 0 Å². The number of hydrogen-bond donors (Lipinski definition) is 0. The van der Waals surface area contributed by atoms with Gasteiger partial charge in [-0.1, -0.05) is 135 Å². The third-order valence-corrected chi connectivity index (χ3v) is 9.93. The van der Waals surface area contributed by atoms with Crippen LogP contribution in [0.1, 0.15) is 25.0 Å². The molecule has 8 rings (SSSR count). The van der Waals surface area contributed by atoms with Gasteiger partial charge in [0.2, 0.25) is 0 Å². The molecule has 1 heterocycles. The SMILES string of the molecule is CC1(C)c2ccc(-c3ccccc3-c3ccccc3-c3ccccc3)cc2-c2c1ccc1c2sc2ccccc21. The van der Waals surface area contributed by atoms with Crippen LogP contribution in [-0.4, -0.2) is 0 Å². The molecule has 1 heteroatoms. The summed E-state index contributed by atoms with van der Waals surface area (Å²) < 4.78 is 2.77. The normalized spacial score (nSPS) is 13.4. The molecule has 1 aliphatic carbocycles. The first kappa shape index (κ1) is 23.4. The summed E-state index contributed by atoms with van der Waals surface area (Å²) in [6, 6.07) is 49.1. The molecule has 0 aliphatic heterocycles. The third kappa shape index (κ3) is 3.38. The Bertz CT molecular complexity index is 2070. The van der Waals surface area contributed by atoms with Gasteiger partial charge in [0.15, 0.2) is 0 Å². The Morgan fingerprint density at radius 1 is 0.450 bits per heavy atom. The maximum atomic E-state index is 2.46. The summed E-state index contributed by atoms with van der Waals surface area (Å²) in [6.07, 6.45) is 0. The van der Waals surface area contributed by atoms with Crippen LogP contribution in [0.2, 0.25) is 0 Å². The zero-order valence-corrected chi connectivity index (χ0v) is 23.4. The van der Waals surface area contributed by atoms with E-state index >= 15 is 0 Å². The van der Waals surface area contributed by atoms with Gasteiger partial charge < -0.3 is 0 Å². The summed E-state index contributed by atoms with van der Waals surface area (Å²) >= 11 is 1.93. The lowest BCUT2D eigenvalue weighted by Crippen LogP contribution is -2.14. The lowest BCUT2D eigenvalue weighted by molar-refractivity contribution is 0.661. The van der Waals surface area contributed by atoms with Crippen LogP contribution in [0.5, 0.6) is 0 Å². The van der Waals surface area contributed by atoms with E-state index in [4.69, 9.17) is 0 Å². The van der Waals surface area contributed by atoms with E-state index < -0.39 is 0 Å². The van der Waals surface area contributed by atoms with Gasteiger partial charge in [0.05, 0.1) is 0 Å². The fourth-order valence-electron chi connectivity index (χ4n) is 6.74. The highest BCUT2D eigenvalue weighted by atomic mass is 32.1. The van der Waals surface area contributed by atoms with Crippen LogP contribution in [-0.2, 0) is 5.41 Å². The van der Waals surface area contributed by atoms with Gasteiger partial charge in [-0.3, -0.25) is 0 Å². The topological polar surface area (TPSA) is 0 Å². The Hall–Kier alpha value is -4.46. The van der Waals surface area contributed by atoms with E-state index in [1.54, 1.807) is 0 Å². The zero-order valence-electron chi connectivity index (χ0n) is 22.6. The van der Waals surface area contributed by atoms with Crippen molar-refractivity contribution >= 4 is 31.5 Å². The number of fused-ring (bicyclic) bond motifs is 7. The van der Waals surface area contributed by atoms with Crippen molar-refractivity contribution in [1.29, 1.82) is 0 Å². The van der Waals surface area contributed by atoms with Gasteiger partial charge in [0.1, 0.15) is 0 Å². The predicted octanol–water partition coefficient (Wildman–Crippen LogP) is 11.4. The van der Waals surface area contributed by atoms with Gasteiger partial charge in [-0.05, 0) is 62.2 Å². The number of rotatable bonds is 3. The second-order valence-corrected chi connectivity index (χ2v) is 12.4. The highest BCUT2D eigenvalue weighted by Crippen LogP contribution is 2.54. The third-order valence-electron chi connectivity index (χ3n) is 8.72. The average Bonchev–Trinajstić information content (AvgIpc) is 3.50. The zero-order chi connectivity index (χ0) is 26.8. The molecule has 0 bridgehead atoms. The minimum atomic E-state index is -0.0347. The van der Waals surface area contributed by atoms with E-state index in [9.17, 15) is 0 Å². The second-order valence-electron chi connectivity index (χ2n) is 11.3. The Labute approximate surface area is 239 Å². The van der Waals surface area contributed by atoms with Crippen molar-refractivity contribution in [2.45, 2.75) is 19.3 Å². The van der Waals surface area contributed by atoms with Gasteiger partial charge in [-0.15, -0.1) is 11.3 Å². The maximum Gasteiger partial charge on any atom is 0.0437 e. The largest absolute Gasteiger partial charge is 0.135 e. The van der Waals surface area contributed by atoms with Crippen molar-refractivity contribution in [2.24, 2.45) is 0 Å². The highest BCUT2D eigenvalue weighted by Gasteiger charge is 2.37. The number of hydrogen-bond acceptors (Lipinski definition) is 1. The van der Waals surface area contributed by atoms with Gasteiger partial charge >= 0.3 is 0 Å². The molecule has 0 unspecified atom stereocenters. The average molecular weight is 529 g/mol. The Morgan fingerprint density at radius 2 is 1.05 bits per heavy atom. The highest BCUT2D eigenvalue weighted by molar-refractivity contribution is 7.26. The fourth-order valence-corrected chi connectivity index (χ4v) is 8.01. The molecule has 0 spiro atoms. The molecule has 0 saturated heterocycles. The van der Waals surface area contributed by atoms with Gasteiger partial charge in [0, 0.05) is 31.2 Å². The quantitative estimate of drug-likeness (QED) is 0.214. The number of thiophene rings is 1. The first-order valence-corrected chi connectivity index (χ1v) is 14.8. The van der Waals surface area contributed by atoms with Gasteiger partial charge in [-0.2, -0.15) is 0 Å². The first-order chi connectivity index (χ1) is 19.6. The fraction of sp³-hybridized carbons (Fsp3) is 0.0769. The summed E-state index contributed by atoms with van der Waals surface area (Å²) in [5.41, 5.74) is 13.2. The molecule has 0 nitrogen and oxygen atoms in total. The molecule has 0 radical (unpaired) electrons. The standard InChI is InChI=1S/C39H28S/c1-39(2)34-22-20-26(24-33(34)37-35(39)23-21-32-31-18-10-11-19-36(31)40-38(32)37)28-15-7-9-17-30(28)29-16-8-6-14-27(29)25-12-4-3-5-13-25/h3-24H,1-2H3. The lowest BCUT2D eigenvalue weighted by Gasteiger charge is -2.21. The summed E-state index contributed by atoms with van der Waals surface area (Å²) in [5, 5.41) is 2.72. The van der Waals surface area contributed by atoms with Crippen LogP contribution >= 0.6 is 11.3 Å². The number of benzene rings is 6. The molecular formula is C39H28S. The van der Waals surface area contributed by atoms with Gasteiger partial charge in [-0.25, -0.2) is 0 Å². The Balaban J connectivity index is 1.36. The Morgan fingerprint density at radius 3 is 1.80 bits per heavy atom. The molecule has 7 aromatic rings. The van der Waals surface area contributed by atoms with E-state index in [1.807, 2.05) is 11.3 Å². The minimum Gasteiger partial charge on any atom is -0.135 e. The van der Waals surface area contributed by atoms with Crippen LogP contribution in [0.25, 0.3) is 64.7 Å². The van der Waals surface area contributed by atoms with E-state index in [-0.39, 0.29) is 5.41 Å². The summed E-state index contributed by atoms with van der Waals surface area (Å²) in [6.45, 7) is 4.75. The second kappa shape index (κ2) is 8.78. The molecule has 0 N–H and O–H groups in total. The van der Waals surface area contributed by atoms with Crippen molar-refractivity contribution in [2.75, 3.05) is 0 Å². The van der Waals surface area contributed by atoms with Crippen molar-refractivity contribution in [3.8, 4) is 44.5 Å². The minimum absolute atomic E-state index is 0.0347. The van der Waals surface area contributed by atoms with Crippen LogP contribution < -0.4 is 0 Å². The Kier molecular flexibility index (Phi) is 5.14. The van der Waals surface area contributed by atoms with Crippen molar-refractivity contribution in [3.63, 3.8) is 0 Å². The molecule has 0 amide bonds. The molecular weight excluding hydrogens is 500 g/mol. The molecule has 6 aromatic carbocycles. The van der Waals surface area contributed by atoms with E-state index in [2.05, 4.69) is 147 Å². The van der Waals surface area contributed by atoms with Crippen molar-refractivity contribution in [1.82, 2.24) is 0 Å². The van der Waals surface area contributed by atoms with E-state index in [0.717, 1.165) is 0 Å². The first-order valence-electron chi connectivity index (χ1n) is 13.9. The maximum absolute atomic E-state index is 2.46. The van der Waals surface area contributed by atoms with Crippen LogP contribution in [0.4, 0.5) is 0 Å². The summed E-state index contributed by atoms with van der Waals surface area (Å²) in [5.74, 6) is 0. The van der Waals surface area contributed by atoms with Gasteiger partial charge in [0.25, 0.3) is 0 Å². The molecule has 0 fully saturated rings. The summed E-state index contributed by atoms with van der Waals surface area (Å²) in [7, 11) is 0. The van der Waals surface area contributed by atoms with Crippen molar-refractivity contribution in [3.05, 3.63) is 145 Å². The van der Waals surface area contributed by atoms with E-state index in [1.165, 1.54) is 75.8 Å². The summed E-state index contributed by atoms with van der Waals surface area (Å²) in [4.78, 5) is 0. The molecule has 190 valence electrons. The lowest BCUT2D eigenvalue weighted by atomic mass is 9.82. The molecule has 1 aliphatic rings. The monoisotopic (exact) mass is 528 g/mol. The van der Waals surface area contributed by atoms with Crippen LogP contribution in [0.3, 0.4) is 0 Å². The smallest absolute Gasteiger partial charge is 0.0437 e.